The van der Waals surface area contributed by atoms with Gasteiger partial charge in [0.05, 0.1) is 11.8 Å². The summed E-state index contributed by atoms with van der Waals surface area (Å²) in [5.74, 6) is -1.18. The standard InChI is InChI=1S/C12H12F3NO3/c1-6(2)19-7-3-4-8-9(5-7)16-10(17)11(8,18)12(13,14)15/h3-6,18H,1-2H3,(H,16,17)/t11-/m1/s1. The first kappa shape index (κ1) is 13.7. The number of halogens is 3. The van der Waals surface area contributed by atoms with E-state index in [4.69, 9.17) is 4.74 Å². The van der Waals surface area contributed by atoms with E-state index in [0.29, 0.717) is 5.75 Å². The summed E-state index contributed by atoms with van der Waals surface area (Å²) < 4.78 is 43.8. The average molecular weight is 275 g/mol. The largest absolute Gasteiger partial charge is 0.491 e. The Kier molecular flexibility index (Phi) is 2.97. The second-order valence-electron chi connectivity index (χ2n) is 4.54. The second kappa shape index (κ2) is 4.12. The van der Waals surface area contributed by atoms with Crippen molar-refractivity contribution < 1.29 is 27.8 Å². The van der Waals surface area contributed by atoms with Gasteiger partial charge in [0, 0.05) is 11.6 Å². The van der Waals surface area contributed by atoms with Crippen molar-refractivity contribution in [1.82, 2.24) is 0 Å². The highest BCUT2D eigenvalue weighted by Crippen LogP contribution is 2.47. The van der Waals surface area contributed by atoms with Gasteiger partial charge >= 0.3 is 6.18 Å². The van der Waals surface area contributed by atoms with Crippen molar-refractivity contribution in [3.63, 3.8) is 0 Å². The van der Waals surface area contributed by atoms with Crippen molar-refractivity contribution in [1.29, 1.82) is 0 Å². The Bertz CT molecular complexity index is 527. The van der Waals surface area contributed by atoms with Crippen LogP contribution in [0, 0.1) is 0 Å². The monoisotopic (exact) mass is 275 g/mol. The molecule has 0 saturated carbocycles. The summed E-state index contributed by atoms with van der Waals surface area (Å²) in [7, 11) is 0. The highest BCUT2D eigenvalue weighted by atomic mass is 19.4. The van der Waals surface area contributed by atoms with Crippen LogP contribution < -0.4 is 10.1 Å². The van der Waals surface area contributed by atoms with Gasteiger partial charge in [-0.2, -0.15) is 13.2 Å². The minimum Gasteiger partial charge on any atom is -0.491 e. The maximum atomic E-state index is 12.8. The zero-order chi connectivity index (χ0) is 14.4. The summed E-state index contributed by atoms with van der Waals surface area (Å²) in [4.78, 5) is 11.4. The average Bonchev–Trinajstić information content (AvgIpc) is 2.50. The first-order chi connectivity index (χ1) is 8.66. The fraction of sp³-hybridized carbons (Fsp3) is 0.417. The SMILES string of the molecule is CC(C)Oc1ccc2c(c1)NC(=O)[C@@]2(O)C(F)(F)F. The highest BCUT2D eigenvalue weighted by Gasteiger charge is 2.64. The number of benzene rings is 1. The highest BCUT2D eigenvalue weighted by molar-refractivity contribution is 6.05. The molecule has 0 radical (unpaired) electrons. The topological polar surface area (TPSA) is 58.6 Å². The van der Waals surface area contributed by atoms with Crippen molar-refractivity contribution in [2.45, 2.75) is 31.7 Å². The number of hydrogen-bond acceptors (Lipinski definition) is 3. The van der Waals surface area contributed by atoms with Crippen molar-refractivity contribution in [2.24, 2.45) is 0 Å². The van der Waals surface area contributed by atoms with Gasteiger partial charge in [0.2, 0.25) is 0 Å². The van der Waals surface area contributed by atoms with Crippen LogP contribution in [-0.2, 0) is 10.4 Å². The minimum atomic E-state index is -5.08. The summed E-state index contributed by atoms with van der Waals surface area (Å²) in [6.07, 6.45) is -5.24. The predicted molar refractivity (Wildman–Crippen MR) is 60.8 cm³/mol. The third-order valence-electron chi connectivity index (χ3n) is 2.74. The van der Waals surface area contributed by atoms with Gasteiger partial charge in [-0.1, -0.05) is 0 Å². The Morgan fingerprint density at radius 3 is 2.53 bits per heavy atom. The molecule has 19 heavy (non-hydrogen) atoms. The number of carbonyl (C=O) groups excluding carboxylic acids is 1. The Hall–Kier alpha value is -1.76. The quantitative estimate of drug-likeness (QED) is 0.869. The number of hydrogen-bond donors (Lipinski definition) is 2. The van der Waals surface area contributed by atoms with Crippen LogP contribution in [-0.4, -0.2) is 23.3 Å². The number of fused-ring (bicyclic) bond motifs is 1. The predicted octanol–water partition coefficient (Wildman–Crippen LogP) is 2.18. The number of alkyl halides is 3. The van der Waals surface area contributed by atoms with Crippen LogP contribution in [0.3, 0.4) is 0 Å². The van der Waals surface area contributed by atoms with Crippen LogP contribution in [0.5, 0.6) is 5.75 Å². The Labute approximate surface area is 107 Å². The van der Waals surface area contributed by atoms with E-state index >= 15 is 0 Å². The summed E-state index contributed by atoms with van der Waals surface area (Å²) in [5, 5.41) is 11.7. The molecule has 4 nitrogen and oxygen atoms in total. The van der Waals surface area contributed by atoms with Crippen LogP contribution in [0.25, 0.3) is 0 Å². The maximum absolute atomic E-state index is 12.8. The molecule has 104 valence electrons. The molecule has 0 saturated heterocycles. The number of aliphatic hydroxyl groups is 1. The Balaban J connectivity index is 2.47. The van der Waals surface area contributed by atoms with Gasteiger partial charge in [0.15, 0.2) is 0 Å². The van der Waals surface area contributed by atoms with E-state index in [1.54, 1.807) is 13.8 Å². The number of nitrogens with one attached hydrogen (secondary N) is 1. The molecule has 0 aliphatic carbocycles. The molecule has 1 aromatic carbocycles. The summed E-state index contributed by atoms with van der Waals surface area (Å²) in [6, 6.07) is 3.59. The lowest BCUT2D eigenvalue weighted by molar-refractivity contribution is -0.252. The molecule has 0 fully saturated rings. The van der Waals surface area contributed by atoms with Crippen LogP contribution >= 0.6 is 0 Å². The lowest BCUT2D eigenvalue weighted by Crippen LogP contribution is -2.47. The molecular weight excluding hydrogens is 263 g/mol. The molecule has 2 rings (SSSR count). The van der Waals surface area contributed by atoms with Crippen molar-refractivity contribution in [2.75, 3.05) is 5.32 Å². The fourth-order valence-corrected chi connectivity index (χ4v) is 1.90. The van der Waals surface area contributed by atoms with E-state index in [1.165, 1.54) is 12.1 Å². The molecule has 0 aromatic heterocycles. The van der Waals surface area contributed by atoms with Crippen LogP contribution in [0.1, 0.15) is 19.4 Å². The first-order valence-corrected chi connectivity index (χ1v) is 5.58. The first-order valence-electron chi connectivity index (χ1n) is 5.58. The Morgan fingerprint density at radius 1 is 1.37 bits per heavy atom. The molecular formula is C12H12F3NO3. The van der Waals surface area contributed by atoms with Crippen molar-refractivity contribution in [3.05, 3.63) is 23.8 Å². The van der Waals surface area contributed by atoms with E-state index < -0.39 is 23.2 Å². The van der Waals surface area contributed by atoms with Gasteiger partial charge in [-0.25, -0.2) is 0 Å². The van der Waals surface area contributed by atoms with Gasteiger partial charge in [-0.3, -0.25) is 4.79 Å². The number of rotatable bonds is 2. The van der Waals surface area contributed by atoms with E-state index in [9.17, 15) is 23.1 Å². The van der Waals surface area contributed by atoms with E-state index in [1.807, 2.05) is 5.32 Å². The van der Waals surface area contributed by atoms with Crippen LogP contribution in [0.15, 0.2) is 18.2 Å². The normalized spacial score (nSPS) is 22.4. The van der Waals surface area contributed by atoms with Crippen LogP contribution in [0.2, 0.25) is 0 Å². The lowest BCUT2D eigenvalue weighted by atomic mass is 9.95. The van der Waals surface area contributed by atoms with Gasteiger partial charge < -0.3 is 15.2 Å². The van der Waals surface area contributed by atoms with E-state index in [2.05, 4.69) is 0 Å². The zero-order valence-electron chi connectivity index (χ0n) is 10.2. The summed E-state index contributed by atoms with van der Waals surface area (Å²) in [6.45, 7) is 3.52. The third-order valence-corrected chi connectivity index (χ3v) is 2.74. The molecule has 0 bridgehead atoms. The van der Waals surface area contributed by atoms with Crippen molar-refractivity contribution in [3.8, 4) is 5.75 Å². The molecule has 1 aliphatic rings. The van der Waals surface area contributed by atoms with Gasteiger partial charge in [0.1, 0.15) is 5.75 Å². The minimum absolute atomic E-state index is 0.0945. The number of ether oxygens (including phenoxy) is 1. The summed E-state index contributed by atoms with van der Waals surface area (Å²) >= 11 is 0. The lowest BCUT2D eigenvalue weighted by Gasteiger charge is -2.23. The zero-order valence-corrected chi connectivity index (χ0v) is 10.2. The molecule has 7 heteroatoms. The molecule has 1 heterocycles. The molecule has 1 atom stereocenters. The molecule has 1 amide bonds. The van der Waals surface area contributed by atoms with Crippen LogP contribution in [0.4, 0.5) is 18.9 Å². The van der Waals surface area contributed by atoms with Crippen molar-refractivity contribution >= 4 is 11.6 Å². The number of carbonyl (C=O) groups is 1. The number of anilines is 1. The van der Waals surface area contributed by atoms with E-state index in [-0.39, 0.29) is 11.8 Å². The van der Waals surface area contributed by atoms with Gasteiger partial charge in [-0.05, 0) is 26.0 Å². The number of amides is 1. The van der Waals surface area contributed by atoms with E-state index in [0.717, 1.165) is 6.07 Å². The smallest absolute Gasteiger partial charge is 0.430 e. The summed E-state index contributed by atoms with van der Waals surface area (Å²) in [5.41, 5.74) is -4.11. The van der Waals surface area contributed by atoms with Gasteiger partial charge in [0.25, 0.3) is 11.5 Å². The van der Waals surface area contributed by atoms with Gasteiger partial charge in [-0.15, -0.1) is 0 Å². The molecule has 0 unspecified atom stereocenters. The Morgan fingerprint density at radius 2 is 2.00 bits per heavy atom. The second-order valence-corrected chi connectivity index (χ2v) is 4.54. The fourth-order valence-electron chi connectivity index (χ4n) is 1.90. The molecule has 2 N–H and O–H groups in total. The molecule has 1 aromatic rings. The molecule has 0 spiro atoms. The maximum Gasteiger partial charge on any atom is 0.430 e. The molecule has 1 aliphatic heterocycles. The third kappa shape index (κ3) is 2.03.